The van der Waals surface area contributed by atoms with Crippen LogP contribution in [-0.2, 0) is 4.79 Å². The van der Waals surface area contributed by atoms with Crippen LogP contribution >= 0.6 is 0 Å². The van der Waals surface area contributed by atoms with Gasteiger partial charge in [-0.05, 0) is 18.6 Å². The fraction of sp³-hybridized carbons (Fsp3) is 0.333. The highest BCUT2D eigenvalue weighted by Gasteiger charge is 2.20. The number of carbonyl (C=O) groups excluding carboxylic acids is 1. The molecule has 2 aromatic rings. The van der Waals surface area contributed by atoms with Crippen molar-refractivity contribution in [3.63, 3.8) is 0 Å². The standard InChI is InChI=1S/C21H25NO8/c1-27-12-5-6-13(17(9-12)28-2)16(23)7-8-20(24)22-15-11-19(30-4)18(29-3)10-14(15)21(25)26/h5-6,9-11,16,23H,7-8H2,1-4H3,(H,22,24)(H,25,26). The van der Waals surface area contributed by atoms with Crippen LogP contribution in [0, 0.1) is 0 Å². The SMILES string of the molecule is COc1ccc(C(O)CCC(=O)Nc2cc(OC)c(OC)cc2C(=O)O)c(OC)c1. The molecule has 162 valence electrons. The van der Waals surface area contributed by atoms with E-state index in [0.29, 0.717) is 17.1 Å². The summed E-state index contributed by atoms with van der Waals surface area (Å²) < 4.78 is 20.7. The zero-order valence-electron chi connectivity index (χ0n) is 17.2. The number of carboxylic acids is 1. The molecule has 9 nitrogen and oxygen atoms in total. The van der Waals surface area contributed by atoms with Crippen molar-refractivity contribution in [2.45, 2.75) is 18.9 Å². The predicted octanol–water partition coefficient (Wildman–Crippen LogP) is 2.87. The molecule has 3 N–H and O–H groups in total. The molecular formula is C21H25NO8. The Morgan fingerprint density at radius 2 is 1.57 bits per heavy atom. The first-order valence-electron chi connectivity index (χ1n) is 9.03. The van der Waals surface area contributed by atoms with Gasteiger partial charge in [0.15, 0.2) is 11.5 Å². The number of rotatable bonds is 10. The number of benzene rings is 2. The maximum atomic E-state index is 12.4. The van der Waals surface area contributed by atoms with Crippen LogP contribution in [0.5, 0.6) is 23.0 Å². The summed E-state index contributed by atoms with van der Waals surface area (Å²) in [6.45, 7) is 0. The molecule has 30 heavy (non-hydrogen) atoms. The molecule has 2 aromatic carbocycles. The minimum Gasteiger partial charge on any atom is -0.497 e. The molecule has 0 fully saturated rings. The third-order valence-corrected chi connectivity index (χ3v) is 4.47. The van der Waals surface area contributed by atoms with Crippen molar-refractivity contribution in [2.24, 2.45) is 0 Å². The number of hydrogen-bond donors (Lipinski definition) is 3. The smallest absolute Gasteiger partial charge is 0.337 e. The van der Waals surface area contributed by atoms with E-state index in [9.17, 15) is 19.8 Å². The molecule has 0 aromatic heterocycles. The van der Waals surface area contributed by atoms with Gasteiger partial charge in [0.2, 0.25) is 5.91 Å². The van der Waals surface area contributed by atoms with Crippen LogP contribution in [0.3, 0.4) is 0 Å². The molecule has 0 spiro atoms. The third-order valence-electron chi connectivity index (χ3n) is 4.47. The van der Waals surface area contributed by atoms with Crippen molar-refractivity contribution in [3.05, 3.63) is 41.5 Å². The first kappa shape index (κ1) is 22.8. The summed E-state index contributed by atoms with van der Waals surface area (Å²) in [4.78, 5) is 23.9. The Hall–Kier alpha value is -3.46. The van der Waals surface area contributed by atoms with Crippen LogP contribution < -0.4 is 24.3 Å². The van der Waals surface area contributed by atoms with Crippen LogP contribution in [0.4, 0.5) is 5.69 Å². The van der Waals surface area contributed by atoms with E-state index in [4.69, 9.17) is 18.9 Å². The van der Waals surface area contributed by atoms with Crippen LogP contribution in [0.25, 0.3) is 0 Å². The Bertz CT molecular complexity index is 912. The summed E-state index contributed by atoms with van der Waals surface area (Å²) in [5.41, 5.74) is 0.448. The monoisotopic (exact) mass is 419 g/mol. The van der Waals surface area contributed by atoms with Gasteiger partial charge < -0.3 is 34.5 Å². The normalized spacial score (nSPS) is 11.4. The summed E-state index contributed by atoms with van der Waals surface area (Å²) in [5.74, 6) is -0.160. The van der Waals surface area contributed by atoms with Crippen molar-refractivity contribution in [3.8, 4) is 23.0 Å². The fourth-order valence-corrected chi connectivity index (χ4v) is 2.89. The Kier molecular flexibility index (Phi) is 7.88. The number of methoxy groups -OCH3 is 4. The number of anilines is 1. The fourth-order valence-electron chi connectivity index (χ4n) is 2.89. The van der Waals surface area contributed by atoms with Gasteiger partial charge in [-0.25, -0.2) is 4.79 Å². The van der Waals surface area contributed by atoms with Gasteiger partial charge in [-0.15, -0.1) is 0 Å². The lowest BCUT2D eigenvalue weighted by Gasteiger charge is -2.16. The quantitative estimate of drug-likeness (QED) is 0.537. The number of aliphatic hydroxyl groups excluding tert-OH is 1. The van der Waals surface area contributed by atoms with E-state index in [1.165, 1.54) is 40.6 Å². The van der Waals surface area contributed by atoms with Crippen LogP contribution in [0.1, 0.15) is 34.9 Å². The first-order valence-corrected chi connectivity index (χ1v) is 9.03. The van der Waals surface area contributed by atoms with E-state index >= 15 is 0 Å². The van der Waals surface area contributed by atoms with Gasteiger partial charge in [0, 0.05) is 30.2 Å². The predicted molar refractivity (Wildman–Crippen MR) is 109 cm³/mol. The Morgan fingerprint density at radius 3 is 2.13 bits per heavy atom. The van der Waals surface area contributed by atoms with Crippen molar-refractivity contribution < 1.29 is 38.7 Å². The summed E-state index contributed by atoms with van der Waals surface area (Å²) in [6.07, 6.45) is -0.908. The molecular weight excluding hydrogens is 394 g/mol. The van der Waals surface area contributed by atoms with E-state index in [2.05, 4.69) is 5.32 Å². The van der Waals surface area contributed by atoms with E-state index in [1.807, 2.05) is 0 Å². The van der Waals surface area contributed by atoms with E-state index < -0.39 is 18.0 Å². The molecule has 0 aliphatic carbocycles. The average Bonchev–Trinajstić information content (AvgIpc) is 2.76. The van der Waals surface area contributed by atoms with E-state index in [0.717, 1.165) is 0 Å². The minimum atomic E-state index is -1.23. The molecule has 9 heteroatoms. The van der Waals surface area contributed by atoms with Gasteiger partial charge >= 0.3 is 5.97 Å². The Labute approximate surface area is 174 Å². The highest BCUT2D eigenvalue weighted by molar-refractivity contribution is 6.01. The molecule has 0 bridgehead atoms. The third kappa shape index (κ3) is 5.32. The number of aromatic carboxylic acids is 1. The largest absolute Gasteiger partial charge is 0.497 e. The maximum absolute atomic E-state index is 12.4. The number of amides is 1. The second-order valence-electron chi connectivity index (χ2n) is 6.27. The summed E-state index contributed by atoms with van der Waals surface area (Å²) in [7, 11) is 5.79. The Balaban J connectivity index is 2.12. The van der Waals surface area contributed by atoms with Crippen molar-refractivity contribution in [2.75, 3.05) is 33.8 Å². The molecule has 1 unspecified atom stereocenters. The number of carbonyl (C=O) groups is 2. The summed E-state index contributed by atoms with van der Waals surface area (Å²) >= 11 is 0. The topological polar surface area (TPSA) is 124 Å². The van der Waals surface area contributed by atoms with Gasteiger partial charge in [0.25, 0.3) is 0 Å². The molecule has 0 aliphatic heterocycles. The highest BCUT2D eigenvalue weighted by Crippen LogP contribution is 2.34. The highest BCUT2D eigenvalue weighted by atomic mass is 16.5. The molecule has 2 rings (SSSR count). The van der Waals surface area contributed by atoms with Crippen molar-refractivity contribution in [1.82, 2.24) is 0 Å². The minimum absolute atomic E-state index is 0.0518. The van der Waals surface area contributed by atoms with Crippen LogP contribution in [0.15, 0.2) is 30.3 Å². The first-order chi connectivity index (χ1) is 14.3. The van der Waals surface area contributed by atoms with Crippen LogP contribution in [0.2, 0.25) is 0 Å². The number of hydrogen-bond acceptors (Lipinski definition) is 7. The molecule has 0 aliphatic rings. The second-order valence-corrected chi connectivity index (χ2v) is 6.27. The van der Waals surface area contributed by atoms with Gasteiger partial charge in [-0.1, -0.05) is 0 Å². The average molecular weight is 419 g/mol. The lowest BCUT2D eigenvalue weighted by atomic mass is 10.0. The molecule has 0 saturated heterocycles. The molecule has 1 atom stereocenters. The number of nitrogens with one attached hydrogen (secondary N) is 1. The molecule has 0 saturated carbocycles. The number of carboxylic acid groups (broad SMARTS) is 1. The zero-order chi connectivity index (χ0) is 22.3. The lowest BCUT2D eigenvalue weighted by Crippen LogP contribution is -2.16. The summed E-state index contributed by atoms with van der Waals surface area (Å²) in [6, 6.07) is 7.64. The van der Waals surface area contributed by atoms with Gasteiger partial charge in [-0.2, -0.15) is 0 Å². The lowest BCUT2D eigenvalue weighted by molar-refractivity contribution is -0.116. The van der Waals surface area contributed by atoms with Crippen LogP contribution in [-0.4, -0.2) is 50.5 Å². The zero-order valence-corrected chi connectivity index (χ0v) is 17.2. The summed E-state index contributed by atoms with van der Waals surface area (Å²) in [5, 5.41) is 22.4. The molecule has 0 radical (unpaired) electrons. The maximum Gasteiger partial charge on any atom is 0.337 e. The van der Waals surface area contributed by atoms with Gasteiger partial charge in [0.1, 0.15) is 11.5 Å². The van der Waals surface area contributed by atoms with Crippen molar-refractivity contribution >= 4 is 17.6 Å². The number of ether oxygens (including phenoxy) is 4. The van der Waals surface area contributed by atoms with E-state index in [1.54, 1.807) is 18.2 Å². The number of aliphatic hydroxyl groups is 1. The molecule has 1 amide bonds. The van der Waals surface area contributed by atoms with Crippen molar-refractivity contribution in [1.29, 1.82) is 0 Å². The van der Waals surface area contributed by atoms with Gasteiger partial charge in [0.05, 0.1) is 45.8 Å². The Morgan fingerprint density at radius 1 is 0.933 bits per heavy atom. The van der Waals surface area contributed by atoms with E-state index in [-0.39, 0.29) is 35.6 Å². The molecule has 0 heterocycles. The second kappa shape index (κ2) is 10.4. The van der Waals surface area contributed by atoms with Gasteiger partial charge in [-0.3, -0.25) is 4.79 Å².